The van der Waals surface area contributed by atoms with Crippen molar-refractivity contribution in [2.75, 3.05) is 37.6 Å². The molecule has 5 heterocycles. The average molecular weight is 1090 g/mol. The van der Waals surface area contributed by atoms with Crippen LogP contribution in [0.4, 0.5) is 14.5 Å². The van der Waals surface area contributed by atoms with Crippen LogP contribution in [-0.2, 0) is 11.3 Å². The molecule has 79 heavy (non-hydrogen) atoms. The number of alkyl halides is 2. The first-order valence-electron chi connectivity index (χ1n) is 30.6. The number of carbonyl (C=O) groups excluding carboxylic acids is 2. The Hall–Kier alpha value is -5.62. The molecule has 0 spiro atoms. The zero-order valence-electron chi connectivity index (χ0n) is 50.9. The predicted molar refractivity (Wildman–Crippen MR) is 333 cm³/mol. The highest BCUT2D eigenvalue weighted by atomic mass is 19.3. The molecule has 12 heteroatoms. The maximum atomic E-state index is 15.2. The minimum Gasteiger partial charge on any atom is -0.385 e. The quantitative estimate of drug-likeness (QED) is 0.0918. The molecular weight excluding hydrogens is 987 g/mol. The number of likely N-dealkylation sites (tertiary alicyclic amines) is 1. The van der Waals surface area contributed by atoms with Gasteiger partial charge in [-0.15, -0.1) is 6.58 Å². The number of rotatable bonds is 17. The molecule has 3 aromatic rings. The number of amides is 2. The van der Waals surface area contributed by atoms with Crippen LogP contribution in [0.25, 0.3) is 16.5 Å². The third-order valence-electron chi connectivity index (χ3n) is 15.3. The number of nitrogens with zero attached hydrogens (tertiary/aromatic N) is 5. The number of benzene rings is 1. The lowest BCUT2D eigenvalue weighted by atomic mass is 9.89. The van der Waals surface area contributed by atoms with E-state index in [0.29, 0.717) is 42.5 Å². The molecule has 0 radical (unpaired) electrons. The van der Waals surface area contributed by atoms with Crippen LogP contribution in [0.15, 0.2) is 108 Å². The number of carbonyl (C=O) groups is 2. The number of pyridine rings is 1. The fraction of sp³-hybridized carbons (Fsp3) is 0.582. The highest BCUT2D eigenvalue weighted by Gasteiger charge is 2.36. The molecule has 1 unspecified atom stereocenters. The largest absolute Gasteiger partial charge is 0.385 e. The molecule has 5 aliphatic rings. The highest BCUT2D eigenvalue weighted by molar-refractivity contribution is 6.02. The standard InChI is InChI=1S/C56H75F2N7O2.C4H8.3C2H6.CH3N/c1-5-14-51(61-43-17-10-9-11-18-43)41(7-3)32-40-16-12-13-19-47(54(57)58)48(33-40)50-38-64(52-22-27-59-35-49(50)52)44-25-28-62(29-26-44)36-39-23-30-63(31-24-39)45-20-21-46-42(34-45)37-65(56(46)67)53(15-6-2)55(66)60-8-4;1-4(2)3;4*1-2/h8,19-22,27,32-35,38-39,43-44,53-54,61H,4-7,9-18,23-26,28-31,36-37H2,1-3H3,(H,60,66);1H2,2-3H3;3*1-2H3;2H,1H2/b40-32+,47-19+,48-33+,51-41-;;;;;. The topological polar surface area (TPSA) is 110 Å². The van der Waals surface area contributed by atoms with Gasteiger partial charge in [0.1, 0.15) is 6.04 Å². The van der Waals surface area contributed by atoms with Crippen molar-refractivity contribution < 1.29 is 18.4 Å². The van der Waals surface area contributed by atoms with Gasteiger partial charge in [-0.1, -0.05) is 125 Å². The molecule has 0 bridgehead atoms. The summed E-state index contributed by atoms with van der Waals surface area (Å²) in [5.41, 5.74) is 10.5. The van der Waals surface area contributed by atoms with Gasteiger partial charge in [-0.3, -0.25) is 14.6 Å². The average Bonchev–Trinajstić information content (AvgIpc) is 4.21. The molecule has 2 aliphatic carbocycles. The predicted octanol–water partition coefficient (Wildman–Crippen LogP) is 17.0. The Balaban J connectivity index is 0.00000127. The van der Waals surface area contributed by atoms with Crippen molar-refractivity contribution in [1.82, 2.24) is 30.0 Å². The third-order valence-corrected chi connectivity index (χ3v) is 15.3. The second kappa shape index (κ2) is 36.6. The number of allylic oxidation sites excluding steroid dienone is 9. The first kappa shape index (κ1) is 67.7. The van der Waals surface area contributed by atoms with Gasteiger partial charge in [0, 0.05) is 103 Å². The fourth-order valence-corrected chi connectivity index (χ4v) is 11.7. The Labute approximate surface area is 477 Å². The van der Waals surface area contributed by atoms with Crippen LogP contribution in [0.5, 0.6) is 0 Å². The number of aromatic nitrogens is 2. The number of piperidine rings is 2. The van der Waals surface area contributed by atoms with E-state index in [1.807, 2.05) is 80.8 Å². The van der Waals surface area contributed by atoms with Gasteiger partial charge < -0.3 is 35.3 Å². The Morgan fingerprint density at radius 2 is 1.56 bits per heavy atom. The number of halogens is 2. The van der Waals surface area contributed by atoms with E-state index < -0.39 is 12.5 Å². The Morgan fingerprint density at radius 3 is 2.16 bits per heavy atom. The van der Waals surface area contributed by atoms with E-state index >= 15 is 8.78 Å². The van der Waals surface area contributed by atoms with Crippen LogP contribution in [0, 0.1) is 11.3 Å². The van der Waals surface area contributed by atoms with Crippen molar-refractivity contribution in [2.24, 2.45) is 5.92 Å². The van der Waals surface area contributed by atoms with Crippen LogP contribution < -0.4 is 15.5 Å². The van der Waals surface area contributed by atoms with Crippen LogP contribution in [0.1, 0.15) is 213 Å². The molecule has 2 amide bonds. The van der Waals surface area contributed by atoms with E-state index in [4.69, 9.17) is 5.41 Å². The van der Waals surface area contributed by atoms with Crippen molar-refractivity contribution >= 4 is 40.7 Å². The smallest absolute Gasteiger partial charge is 0.264 e. The van der Waals surface area contributed by atoms with Crippen LogP contribution in [0.2, 0.25) is 0 Å². The zero-order chi connectivity index (χ0) is 58.4. The van der Waals surface area contributed by atoms with Crippen LogP contribution in [-0.4, -0.2) is 89.1 Å². The van der Waals surface area contributed by atoms with Gasteiger partial charge in [-0.05, 0) is 156 Å². The first-order chi connectivity index (χ1) is 38.4. The number of fused-ring (bicyclic) bond motifs is 2. The van der Waals surface area contributed by atoms with Crippen molar-refractivity contribution in [1.29, 1.82) is 5.41 Å². The number of anilines is 1. The number of nitrogens with one attached hydrogen (secondary N) is 3. The fourth-order valence-electron chi connectivity index (χ4n) is 11.7. The highest BCUT2D eigenvalue weighted by Crippen LogP contribution is 2.40. The molecule has 2 aromatic heterocycles. The molecule has 8 rings (SSSR count). The summed E-state index contributed by atoms with van der Waals surface area (Å²) in [7, 11) is 0. The Morgan fingerprint density at radius 1 is 0.886 bits per heavy atom. The van der Waals surface area contributed by atoms with Gasteiger partial charge in [0.25, 0.3) is 12.3 Å². The molecule has 1 saturated carbocycles. The molecule has 438 valence electrons. The molecule has 3 fully saturated rings. The summed E-state index contributed by atoms with van der Waals surface area (Å²) in [5, 5.41) is 13.1. The second-order valence-electron chi connectivity index (χ2n) is 21.0. The molecular formula is C67H104F2N8O2. The normalized spacial score (nSPS) is 19.7. The van der Waals surface area contributed by atoms with E-state index in [0.717, 1.165) is 130 Å². The maximum absolute atomic E-state index is 15.2. The SMILES string of the molecule is C=C(C)C.C=CNC(=O)C(CCC)N1Cc2cc(N3CCC(CN4CCC(n5cc(C6=C/C(=C/C(CC)=C(/CCC)NC7CCCCC7)CCC/C=C\6C(F)F)c6cnccc65)CC4)CC3)ccc2C1=O.C=N.CC.CC.CC. The number of hydrogen-bond acceptors (Lipinski definition) is 7. The van der Waals surface area contributed by atoms with Gasteiger partial charge in [-0.2, -0.15) is 0 Å². The Bertz CT molecular complexity index is 2460. The summed E-state index contributed by atoms with van der Waals surface area (Å²) in [6.07, 6.45) is 28.2. The van der Waals surface area contributed by atoms with Gasteiger partial charge in [0.2, 0.25) is 5.91 Å². The lowest BCUT2D eigenvalue weighted by Crippen LogP contribution is -2.45. The molecule has 1 aromatic carbocycles. The number of hydrogen-bond donors (Lipinski definition) is 3. The lowest BCUT2D eigenvalue weighted by molar-refractivity contribution is -0.125. The molecule has 10 nitrogen and oxygen atoms in total. The third kappa shape index (κ3) is 19.3. The van der Waals surface area contributed by atoms with Crippen LogP contribution >= 0.6 is 0 Å². The molecule has 2 saturated heterocycles. The van der Waals surface area contributed by atoms with E-state index in [-0.39, 0.29) is 23.4 Å². The Kier molecular flexibility index (Phi) is 31.3. The van der Waals surface area contributed by atoms with Crippen molar-refractivity contribution in [2.45, 2.75) is 216 Å². The summed E-state index contributed by atoms with van der Waals surface area (Å²) >= 11 is 0. The first-order valence-corrected chi connectivity index (χ1v) is 30.6. The van der Waals surface area contributed by atoms with Crippen molar-refractivity contribution in [3.63, 3.8) is 0 Å². The van der Waals surface area contributed by atoms with Gasteiger partial charge >= 0.3 is 0 Å². The maximum Gasteiger partial charge on any atom is 0.264 e. The van der Waals surface area contributed by atoms with Gasteiger partial charge in [0.15, 0.2) is 0 Å². The van der Waals surface area contributed by atoms with Gasteiger partial charge in [0.05, 0.1) is 5.52 Å². The minimum absolute atomic E-state index is 0.0756. The van der Waals surface area contributed by atoms with Gasteiger partial charge in [-0.25, -0.2) is 8.78 Å². The summed E-state index contributed by atoms with van der Waals surface area (Å²) in [4.78, 5) is 37.6. The molecule has 3 N–H and O–H groups in total. The second-order valence-corrected chi connectivity index (χ2v) is 21.0. The van der Waals surface area contributed by atoms with Crippen LogP contribution in [0.3, 0.4) is 0 Å². The summed E-state index contributed by atoms with van der Waals surface area (Å²) in [5.74, 6) is 0.350. The zero-order valence-corrected chi connectivity index (χ0v) is 50.9. The van der Waals surface area contributed by atoms with E-state index in [1.165, 1.54) is 55.1 Å². The van der Waals surface area contributed by atoms with E-state index in [9.17, 15) is 9.59 Å². The van der Waals surface area contributed by atoms with E-state index in [2.05, 4.69) is 100 Å². The summed E-state index contributed by atoms with van der Waals surface area (Å²) in [6, 6.07) is 8.53. The van der Waals surface area contributed by atoms with Crippen molar-refractivity contribution in [3.8, 4) is 0 Å². The van der Waals surface area contributed by atoms with E-state index in [1.54, 1.807) is 11.0 Å². The lowest BCUT2D eigenvalue weighted by Gasteiger charge is -2.38. The summed E-state index contributed by atoms with van der Waals surface area (Å²) in [6.45, 7) is 37.6. The molecule has 3 aliphatic heterocycles. The monoisotopic (exact) mass is 1090 g/mol. The minimum atomic E-state index is -2.58. The molecule has 1 atom stereocenters. The van der Waals surface area contributed by atoms with Crippen molar-refractivity contribution in [3.05, 3.63) is 125 Å². The summed E-state index contributed by atoms with van der Waals surface area (Å²) < 4.78 is 32.7.